The van der Waals surface area contributed by atoms with E-state index in [4.69, 9.17) is 0 Å². The number of carbonyl (C=O) groups is 1. The molecule has 0 saturated heterocycles. The van der Waals surface area contributed by atoms with E-state index in [9.17, 15) is 13.2 Å². The number of carbonyl (C=O) groups excluding carboxylic acids is 1. The van der Waals surface area contributed by atoms with E-state index in [1.807, 2.05) is 0 Å². The van der Waals surface area contributed by atoms with E-state index in [2.05, 4.69) is 4.74 Å². The zero-order valence-electron chi connectivity index (χ0n) is 8.56. The monoisotopic (exact) mass is 266 g/mol. The van der Waals surface area contributed by atoms with Crippen molar-refractivity contribution in [3.63, 3.8) is 0 Å². The van der Waals surface area contributed by atoms with E-state index in [1.54, 1.807) is 6.92 Å². The Morgan fingerprint density at radius 3 is 1.79 bits per heavy atom. The summed E-state index contributed by atoms with van der Waals surface area (Å²) in [6.07, 6.45) is 1.26. The summed E-state index contributed by atoms with van der Waals surface area (Å²) in [5.74, 6) is -0.701. The summed E-state index contributed by atoms with van der Waals surface area (Å²) in [5.41, 5.74) is 0. The first-order valence-corrected chi connectivity index (χ1v) is 5.46. The third kappa shape index (κ3) is 3.63. The molecule has 4 nitrogen and oxygen atoms in total. The molecule has 0 aromatic carbocycles. The molecule has 0 rings (SSSR count). The van der Waals surface area contributed by atoms with Gasteiger partial charge in [0.2, 0.25) is 0 Å². The predicted octanol–water partition coefficient (Wildman–Crippen LogP) is 1.22. The first kappa shape index (κ1) is 19.6. The molecule has 7 heteroatoms. The molecule has 88 valence electrons. The summed E-state index contributed by atoms with van der Waals surface area (Å²) in [5, 5.41) is 0. The molecule has 14 heavy (non-hydrogen) atoms. The summed E-state index contributed by atoms with van der Waals surface area (Å²) >= 11 is 0. The number of methoxy groups -OCH3 is 1. The molecule has 0 aromatic rings. The lowest BCUT2D eigenvalue weighted by molar-refractivity contribution is -0.143. The van der Waals surface area contributed by atoms with Crippen molar-refractivity contribution in [2.45, 2.75) is 25.0 Å². The number of hydrogen-bond donors (Lipinski definition) is 0. The van der Waals surface area contributed by atoms with E-state index in [1.165, 1.54) is 14.0 Å². The molecule has 0 heterocycles. The van der Waals surface area contributed by atoms with Gasteiger partial charge < -0.3 is 4.74 Å². The summed E-state index contributed by atoms with van der Waals surface area (Å²) in [4.78, 5) is 11.1. The minimum absolute atomic E-state index is 0. The third-order valence-electron chi connectivity index (χ3n) is 2.11. The lowest BCUT2D eigenvalue weighted by Crippen LogP contribution is -2.43. The van der Waals surface area contributed by atoms with Gasteiger partial charge in [-0.2, -0.15) is 0 Å². The Kier molecular flexibility index (Phi) is 9.05. The molecule has 0 fully saturated rings. The first-order chi connectivity index (χ1) is 5.29. The predicted molar refractivity (Wildman–Crippen MR) is 60.1 cm³/mol. The maximum atomic E-state index is 11.2. The lowest BCUT2D eigenvalue weighted by Gasteiger charge is -2.22. The van der Waals surface area contributed by atoms with Crippen LogP contribution in [-0.2, 0) is 19.4 Å². The van der Waals surface area contributed by atoms with Gasteiger partial charge in [0.1, 0.15) is 0 Å². The van der Waals surface area contributed by atoms with Crippen LogP contribution >= 0.6 is 24.8 Å². The molecule has 0 aliphatic rings. The number of sulfone groups is 1. The van der Waals surface area contributed by atoms with Gasteiger partial charge >= 0.3 is 5.97 Å². The van der Waals surface area contributed by atoms with Crippen LogP contribution in [0, 0.1) is 0 Å². The van der Waals surface area contributed by atoms with E-state index in [-0.39, 0.29) is 31.2 Å². The average molecular weight is 267 g/mol. The highest BCUT2D eigenvalue weighted by molar-refractivity contribution is 7.92. The molecule has 0 aromatic heterocycles. The Labute approximate surface area is 97.1 Å². The van der Waals surface area contributed by atoms with Crippen molar-refractivity contribution in [2.75, 3.05) is 13.4 Å². The van der Waals surface area contributed by atoms with Gasteiger partial charge in [-0.25, -0.2) is 8.42 Å². The molecular formula is C7H16Cl2O4S. The highest BCUT2D eigenvalue weighted by atomic mass is 35.5. The van der Waals surface area contributed by atoms with E-state index >= 15 is 0 Å². The van der Waals surface area contributed by atoms with Crippen molar-refractivity contribution in [1.82, 2.24) is 0 Å². The second-order valence-electron chi connectivity index (χ2n) is 2.85. The van der Waals surface area contributed by atoms with Crippen LogP contribution in [0.4, 0.5) is 0 Å². The third-order valence-corrected chi connectivity index (χ3v) is 4.20. The number of rotatable bonds is 3. The van der Waals surface area contributed by atoms with Crippen LogP contribution in [0.2, 0.25) is 0 Å². The smallest absolute Gasteiger partial charge is 0.326 e. The van der Waals surface area contributed by atoms with Crippen LogP contribution < -0.4 is 0 Å². The van der Waals surface area contributed by atoms with Crippen LogP contribution in [0.3, 0.4) is 0 Å². The van der Waals surface area contributed by atoms with Gasteiger partial charge in [-0.05, 0) is 13.3 Å². The largest absolute Gasteiger partial charge is 0.468 e. The summed E-state index contributed by atoms with van der Waals surface area (Å²) in [6, 6.07) is 0. The molecule has 0 saturated carbocycles. The van der Waals surface area contributed by atoms with Crippen LogP contribution in [0.5, 0.6) is 0 Å². The average Bonchev–Trinajstić information content (AvgIpc) is 1.99. The molecule has 0 N–H and O–H groups in total. The Morgan fingerprint density at radius 2 is 1.71 bits per heavy atom. The number of ether oxygens (including phenoxy) is 1. The minimum Gasteiger partial charge on any atom is -0.468 e. The van der Waals surface area contributed by atoms with E-state index < -0.39 is 20.6 Å². The number of halogens is 2. The molecule has 0 spiro atoms. The van der Waals surface area contributed by atoms with Gasteiger partial charge in [0.25, 0.3) is 0 Å². The zero-order chi connectivity index (χ0) is 9.99. The maximum absolute atomic E-state index is 11.2. The fourth-order valence-electron chi connectivity index (χ4n) is 0.774. The van der Waals surface area contributed by atoms with Gasteiger partial charge in [0, 0.05) is 6.26 Å². The van der Waals surface area contributed by atoms with Crippen LogP contribution in [0.1, 0.15) is 20.3 Å². The van der Waals surface area contributed by atoms with Gasteiger partial charge in [0.15, 0.2) is 14.6 Å². The minimum atomic E-state index is -3.40. The second-order valence-corrected chi connectivity index (χ2v) is 5.29. The number of esters is 1. The molecule has 1 atom stereocenters. The van der Waals surface area contributed by atoms with Crippen molar-refractivity contribution < 1.29 is 17.9 Å². The maximum Gasteiger partial charge on any atom is 0.326 e. The molecule has 0 bridgehead atoms. The molecule has 0 radical (unpaired) electrons. The van der Waals surface area contributed by atoms with Gasteiger partial charge in [-0.15, -0.1) is 24.8 Å². The topological polar surface area (TPSA) is 60.4 Å². The van der Waals surface area contributed by atoms with Crippen LogP contribution in [-0.4, -0.2) is 32.5 Å². The summed E-state index contributed by atoms with van der Waals surface area (Å²) < 4.78 is 25.4. The van der Waals surface area contributed by atoms with Gasteiger partial charge in [-0.1, -0.05) is 6.92 Å². The van der Waals surface area contributed by atoms with Gasteiger partial charge in [0.05, 0.1) is 7.11 Å². The van der Waals surface area contributed by atoms with Crippen LogP contribution in [0.15, 0.2) is 0 Å². The van der Waals surface area contributed by atoms with Crippen LogP contribution in [0.25, 0.3) is 0 Å². The molecule has 0 aliphatic carbocycles. The normalized spacial score (nSPS) is 14.3. The quantitative estimate of drug-likeness (QED) is 0.721. The molecule has 0 amide bonds. The standard InChI is InChI=1S/C7H14O4S.2ClH/c1-5-7(2,6(8)11-3)12(4,9)10;;/h5H2,1-4H3;2*1H. The van der Waals surface area contributed by atoms with Crippen molar-refractivity contribution in [3.8, 4) is 0 Å². The highest BCUT2D eigenvalue weighted by Crippen LogP contribution is 2.21. The van der Waals surface area contributed by atoms with Crippen molar-refractivity contribution in [2.24, 2.45) is 0 Å². The van der Waals surface area contributed by atoms with Gasteiger partial charge in [-0.3, -0.25) is 4.79 Å². The van der Waals surface area contributed by atoms with E-state index in [0.29, 0.717) is 0 Å². The zero-order valence-corrected chi connectivity index (χ0v) is 11.0. The fourth-order valence-corrected chi connectivity index (χ4v) is 1.68. The Morgan fingerprint density at radius 1 is 1.36 bits per heavy atom. The van der Waals surface area contributed by atoms with Crippen molar-refractivity contribution >= 4 is 40.6 Å². The molecule has 1 unspecified atom stereocenters. The molecule has 0 aliphatic heterocycles. The fraction of sp³-hybridized carbons (Fsp3) is 0.857. The lowest BCUT2D eigenvalue weighted by atomic mass is 10.1. The Bertz CT molecular complexity index is 275. The van der Waals surface area contributed by atoms with Crippen molar-refractivity contribution in [3.05, 3.63) is 0 Å². The van der Waals surface area contributed by atoms with E-state index in [0.717, 1.165) is 6.26 Å². The summed E-state index contributed by atoms with van der Waals surface area (Å²) in [6.45, 7) is 3.01. The summed E-state index contributed by atoms with van der Waals surface area (Å²) in [7, 11) is -2.22. The second kappa shape index (κ2) is 6.48. The highest BCUT2D eigenvalue weighted by Gasteiger charge is 2.42. The van der Waals surface area contributed by atoms with Crippen molar-refractivity contribution in [1.29, 1.82) is 0 Å². The Hall–Kier alpha value is -0.000000000000000111. The number of hydrogen-bond acceptors (Lipinski definition) is 4. The SMILES string of the molecule is CCC(C)(C(=O)OC)S(C)(=O)=O.Cl.Cl. The Balaban J connectivity index is -0.000000605. The molecular weight excluding hydrogens is 251 g/mol. The first-order valence-electron chi connectivity index (χ1n) is 3.57.